The molecule has 11 heavy (non-hydrogen) atoms. The summed E-state index contributed by atoms with van der Waals surface area (Å²) in [6.45, 7) is 2.07. The lowest BCUT2D eigenvalue weighted by Crippen LogP contribution is -1.95. The van der Waals surface area contributed by atoms with Crippen LogP contribution in [0.1, 0.15) is 24.6 Å². The van der Waals surface area contributed by atoms with E-state index in [1.807, 2.05) is 0 Å². The molecule has 3 heteroatoms. The first-order chi connectivity index (χ1) is 5.29. The fraction of sp³-hybridized carbons (Fsp3) is 0.500. The van der Waals surface area contributed by atoms with Crippen LogP contribution in [0, 0.1) is 17.5 Å². The van der Waals surface area contributed by atoms with Crippen molar-refractivity contribution in [2.24, 2.45) is 7.05 Å². The molecule has 0 N–H and O–H groups in total. The van der Waals surface area contributed by atoms with E-state index in [2.05, 4.69) is 24.3 Å². The minimum absolute atomic E-state index is 0.631. The molecule has 1 aromatic heterocycles. The van der Waals surface area contributed by atoms with Gasteiger partial charge in [0.1, 0.15) is 18.0 Å². The maximum absolute atomic E-state index is 8.68. The number of nitrogens with zero attached hydrogens (tertiary/aromatic N) is 3. The Balaban J connectivity index is 2.98. The smallest absolute Gasteiger partial charge is 0.142 e. The molecule has 1 rings (SSSR count). The molecule has 0 bridgehead atoms. The summed E-state index contributed by atoms with van der Waals surface area (Å²) in [5.74, 6) is 0. The summed E-state index contributed by atoms with van der Waals surface area (Å²) in [5.41, 5.74) is 1.56. The predicted octanol–water partition coefficient (Wildman–Crippen LogP) is 1.04. The summed E-state index contributed by atoms with van der Waals surface area (Å²) < 4.78 is 1.56. The molecule has 0 spiro atoms. The number of hydrogen-bond donors (Lipinski definition) is 0. The van der Waals surface area contributed by atoms with Crippen LogP contribution in [-0.4, -0.2) is 9.78 Å². The van der Waals surface area contributed by atoms with Crippen molar-refractivity contribution in [3.63, 3.8) is 0 Å². The monoisotopic (exact) mass is 148 g/mol. The van der Waals surface area contributed by atoms with E-state index in [0.717, 1.165) is 18.4 Å². The van der Waals surface area contributed by atoms with Crippen molar-refractivity contribution in [2.75, 3.05) is 0 Å². The summed E-state index contributed by atoms with van der Waals surface area (Å²) >= 11 is 0. The fourth-order valence-corrected chi connectivity index (χ4v) is 0.998. The SMILES string of the molecule is CCCc1[c]nn(C)c1C#N. The summed E-state index contributed by atoms with van der Waals surface area (Å²) in [4.78, 5) is 0. The van der Waals surface area contributed by atoms with Crippen LogP contribution < -0.4 is 0 Å². The van der Waals surface area contributed by atoms with Crippen molar-refractivity contribution in [3.05, 3.63) is 17.5 Å². The first kappa shape index (κ1) is 7.80. The van der Waals surface area contributed by atoms with Crippen molar-refractivity contribution >= 4 is 0 Å². The molecule has 0 amide bonds. The molecule has 1 radical (unpaired) electrons. The van der Waals surface area contributed by atoms with Crippen LogP contribution in [0.4, 0.5) is 0 Å². The molecule has 1 heterocycles. The van der Waals surface area contributed by atoms with Gasteiger partial charge in [0, 0.05) is 12.6 Å². The standard InChI is InChI=1S/C8H10N3/c1-3-4-7-6-10-11(2)8(7)5-9/h3-4H2,1-2H3. The summed E-state index contributed by atoms with van der Waals surface area (Å²) in [7, 11) is 1.76. The number of aryl methyl sites for hydroxylation is 2. The van der Waals surface area contributed by atoms with Crippen LogP contribution in [0.3, 0.4) is 0 Å². The van der Waals surface area contributed by atoms with E-state index in [4.69, 9.17) is 5.26 Å². The molecule has 0 fully saturated rings. The second-order valence-corrected chi connectivity index (χ2v) is 2.42. The largest absolute Gasteiger partial charge is 0.257 e. The van der Waals surface area contributed by atoms with E-state index in [0.29, 0.717) is 5.69 Å². The lowest BCUT2D eigenvalue weighted by atomic mass is 10.1. The molecule has 57 valence electrons. The minimum atomic E-state index is 0.631. The first-order valence-corrected chi connectivity index (χ1v) is 3.63. The zero-order valence-corrected chi connectivity index (χ0v) is 6.76. The first-order valence-electron chi connectivity index (χ1n) is 3.63. The molecule has 0 aliphatic carbocycles. The number of nitriles is 1. The van der Waals surface area contributed by atoms with Gasteiger partial charge in [-0.1, -0.05) is 13.3 Å². The van der Waals surface area contributed by atoms with Crippen LogP contribution in [0.2, 0.25) is 0 Å². The molecule has 0 saturated carbocycles. The highest BCUT2D eigenvalue weighted by molar-refractivity contribution is 5.28. The van der Waals surface area contributed by atoms with E-state index in [-0.39, 0.29) is 0 Å². The van der Waals surface area contributed by atoms with Gasteiger partial charge >= 0.3 is 0 Å². The molecule has 3 nitrogen and oxygen atoms in total. The Morgan fingerprint density at radius 3 is 3.00 bits per heavy atom. The van der Waals surface area contributed by atoms with Gasteiger partial charge in [0.25, 0.3) is 0 Å². The highest BCUT2D eigenvalue weighted by Gasteiger charge is 2.05. The van der Waals surface area contributed by atoms with E-state index in [9.17, 15) is 0 Å². The average Bonchev–Trinajstić information content (AvgIpc) is 2.33. The topological polar surface area (TPSA) is 41.6 Å². The molecular weight excluding hydrogens is 138 g/mol. The second kappa shape index (κ2) is 3.20. The molecular formula is C8H10N3. The lowest BCUT2D eigenvalue weighted by molar-refractivity contribution is 0.752. The Hall–Kier alpha value is -1.30. The van der Waals surface area contributed by atoms with Gasteiger partial charge in [-0.3, -0.25) is 4.68 Å². The maximum Gasteiger partial charge on any atom is 0.142 e. The predicted molar refractivity (Wildman–Crippen MR) is 40.8 cm³/mol. The van der Waals surface area contributed by atoms with Crippen LogP contribution in [0.15, 0.2) is 0 Å². The van der Waals surface area contributed by atoms with Crippen molar-refractivity contribution in [1.82, 2.24) is 9.78 Å². The van der Waals surface area contributed by atoms with Crippen molar-refractivity contribution < 1.29 is 0 Å². The average molecular weight is 148 g/mol. The highest BCUT2D eigenvalue weighted by atomic mass is 15.3. The Bertz CT molecular complexity index is 280. The van der Waals surface area contributed by atoms with Gasteiger partial charge in [-0.25, -0.2) is 0 Å². The third-order valence-electron chi connectivity index (χ3n) is 1.55. The number of rotatable bonds is 2. The van der Waals surface area contributed by atoms with Crippen molar-refractivity contribution in [2.45, 2.75) is 19.8 Å². The van der Waals surface area contributed by atoms with Crippen LogP contribution in [0.25, 0.3) is 0 Å². The summed E-state index contributed by atoms with van der Waals surface area (Å²) in [5, 5.41) is 12.6. The van der Waals surface area contributed by atoms with Gasteiger partial charge in [0.15, 0.2) is 0 Å². The minimum Gasteiger partial charge on any atom is -0.257 e. The van der Waals surface area contributed by atoms with Gasteiger partial charge in [-0.05, 0) is 6.42 Å². The van der Waals surface area contributed by atoms with E-state index in [1.54, 1.807) is 11.7 Å². The Labute approximate surface area is 66.3 Å². The zero-order valence-electron chi connectivity index (χ0n) is 6.76. The zero-order chi connectivity index (χ0) is 8.27. The third-order valence-corrected chi connectivity index (χ3v) is 1.55. The number of aromatic nitrogens is 2. The van der Waals surface area contributed by atoms with Gasteiger partial charge in [-0.15, -0.1) is 0 Å². The van der Waals surface area contributed by atoms with E-state index < -0.39 is 0 Å². The van der Waals surface area contributed by atoms with Crippen LogP contribution >= 0.6 is 0 Å². The van der Waals surface area contributed by atoms with E-state index >= 15 is 0 Å². The van der Waals surface area contributed by atoms with Crippen molar-refractivity contribution in [3.8, 4) is 6.07 Å². The molecule has 0 aromatic carbocycles. The van der Waals surface area contributed by atoms with Crippen molar-refractivity contribution in [1.29, 1.82) is 5.26 Å². The summed E-state index contributed by atoms with van der Waals surface area (Å²) in [6, 6.07) is 2.10. The maximum atomic E-state index is 8.68. The summed E-state index contributed by atoms with van der Waals surface area (Å²) in [6.07, 6.45) is 4.73. The van der Waals surface area contributed by atoms with Crippen LogP contribution in [-0.2, 0) is 13.5 Å². The quantitative estimate of drug-likeness (QED) is 0.629. The second-order valence-electron chi connectivity index (χ2n) is 2.42. The van der Waals surface area contributed by atoms with Gasteiger partial charge in [0.05, 0.1) is 0 Å². The van der Waals surface area contributed by atoms with Gasteiger partial charge in [0.2, 0.25) is 0 Å². The molecule has 0 saturated heterocycles. The number of hydrogen-bond acceptors (Lipinski definition) is 2. The van der Waals surface area contributed by atoms with E-state index in [1.165, 1.54) is 0 Å². The Morgan fingerprint density at radius 2 is 2.45 bits per heavy atom. The Kier molecular flexibility index (Phi) is 2.27. The molecule has 0 unspecified atom stereocenters. The highest BCUT2D eigenvalue weighted by Crippen LogP contribution is 2.06. The third kappa shape index (κ3) is 1.40. The van der Waals surface area contributed by atoms with Crippen LogP contribution in [0.5, 0.6) is 0 Å². The lowest BCUT2D eigenvalue weighted by Gasteiger charge is -1.93. The van der Waals surface area contributed by atoms with Gasteiger partial charge in [-0.2, -0.15) is 10.4 Å². The van der Waals surface area contributed by atoms with Gasteiger partial charge < -0.3 is 0 Å². The fourth-order valence-electron chi connectivity index (χ4n) is 0.998. The molecule has 0 aliphatic heterocycles. The molecule has 0 atom stereocenters. The molecule has 0 aliphatic rings. The molecule has 1 aromatic rings. The Morgan fingerprint density at radius 1 is 1.73 bits per heavy atom. The normalized spacial score (nSPS) is 9.55.